The summed E-state index contributed by atoms with van der Waals surface area (Å²) in [5.41, 5.74) is -0.302. The van der Waals surface area contributed by atoms with Crippen LogP contribution in [0.25, 0.3) is 0 Å². The Morgan fingerprint density at radius 1 is 1.33 bits per heavy atom. The van der Waals surface area contributed by atoms with Gasteiger partial charge in [-0.25, -0.2) is 8.42 Å². The Kier molecular flexibility index (Phi) is 4.37. The summed E-state index contributed by atoms with van der Waals surface area (Å²) in [7, 11) is -3.97. The Bertz CT molecular complexity index is 903. The summed E-state index contributed by atoms with van der Waals surface area (Å²) < 4.78 is 27.3. The van der Waals surface area contributed by atoms with Gasteiger partial charge in [0, 0.05) is 10.7 Å². The Labute approximate surface area is 133 Å². The molecule has 2 N–H and O–H groups in total. The van der Waals surface area contributed by atoms with Crippen LogP contribution < -0.4 is 10.3 Å². The highest BCUT2D eigenvalue weighted by molar-refractivity contribution is 9.10. The van der Waals surface area contributed by atoms with Gasteiger partial charge in [-0.05, 0) is 24.3 Å². The zero-order valence-electron chi connectivity index (χ0n) is 10.2. The first-order chi connectivity index (χ1) is 9.83. The molecule has 0 aliphatic heterocycles. The molecule has 0 saturated carbocycles. The van der Waals surface area contributed by atoms with Crippen molar-refractivity contribution in [1.82, 2.24) is 4.98 Å². The lowest BCUT2D eigenvalue weighted by molar-refractivity contribution is 0.600. The lowest BCUT2D eigenvalue weighted by Crippen LogP contribution is -2.16. The van der Waals surface area contributed by atoms with Gasteiger partial charge in [0.15, 0.2) is 0 Å². The van der Waals surface area contributed by atoms with E-state index in [0.29, 0.717) is 4.47 Å². The summed E-state index contributed by atoms with van der Waals surface area (Å²) in [5.74, 6) is 0. The van der Waals surface area contributed by atoms with Crippen molar-refractivity contribution in [3.63, 3.8) is 0 Å². The van der Waals surface area contributed by atoms with Crippen molar-refractivity contribution < 1.29 is 8.42 Å². The van der Waals surface area contributed by atoms with Crippen LogP contribution in [0, 0.1) is 11.3 Å². The second-order valence-corrected chi connectivity index (χ2v) is 6.92. The molecule has 0 amide bonds. The van der Waals surface area contributed by atoms with Gasteiger partial charge >= 0.3 is 0 Å². The third-order valence-corrected chi connectivity index (χ3v) is 4.61. The Balaban J connectivity index is 2.45. The quantitative estimate of drug-likeness (QED) is 0.843. The standard InChI is InChI=1S/C12H7BrClN3O3S/c13-8-1-2-11(7(3-8)5-15)17-21(19,20)9-4-10(14)12(18)16-6-9/h1-4,6,17H,(H,16,18). The maximum atomic E-state index is 12.2. The summed E-state index contributed by atoms with van der Waals surface area (Å²) >= 11 is 8.80. The van der Waals surface area contributed by atoms with Gasteiger partial charge in [0.25, 0.3) is 15.6 Å². The molecule has 1 heterocycles. The first-order valence-corrected chi connectivity index (χ1v) is 8.09. The number of aromatic amines is 1. The van der Waals surface area contributed by atoms with Gasteiger partial charge in [0.2, 0.25) is 0 Å². The average molecular weight is 389 g/mol. The molecule has 1 aromatic heterocycles. The normalized spacial score (nSPS) is 10.9. The van der Waals surface area contributed by atoms with Crippen molar-refractivity contribution in [3.05, 3.63) is 55.9 Å². The second-order valence-electron chi connectivity index (χ2n) is 3.92. The molecule has 0 fully saturated rings. The molecule has 1 aromatic carbocycles. The van der Waals surface area contributed by atoms with E-state index in [4.69, 9.17) is 16.9 Å². The topological polar surface area (TPSA) is 103 Å². The molecule has 0 atom stereocenters. The van der Waals surface area contributed by atoms with Crippen LogP contribution in [-0.2, 0) is 10.0 Å². The number of nitrogens with zero attached hydrogens (tertiary/aromatic N) is 1. The van der Waals surface area contributed by atoms with Crippen LogP contribution in [0.3, 0.4) is 0 Å². The van der Waals surface area contributed by atoms with E-state index in [9.17, 15) is 13.2 Å². The minimum absolute atomic E-state index is 0.128. The molecule has 0 spiro atoms. The van der Waals surface area contributed by atoms with E-state index in [0.717, 1.165) is 12.3 Å². The summed E-state index contributed by atoms with van der Waals surface area (Å²) in [6, 6.07) is 7.46. The zero-order chi connectivity index (χ0) is 15.6. The number of halogens is 2. The van der Waals surface area contributed by atoms with Gasteiger partial charge in [0.05, 0.1) is 11.3 Å². The van der Waals surface area contributed by atoms with E-state index in [2.05, 4.69) is 25.6 Å². The van der Waals surface area contributed by atoms with E-state index in [1.807, 2.05) is 6.07 Å². The number of hydrogen-bond acceptors (Lipinski definition) is 4. The van der Waals surface area contributed by atoms with Crippen LogP contribution in [0.2, 0.25) is 5.02 Å². The first-order valence-electron chi connectivity index (χ1n) is 5.44. The molecule has 108 valence electrons. The number of H-pyrrole nitrogens is 1. The number of nitriles is 1. The summed E-state index contributed by atoms with van der Waals surface area (Å²) in [6.07, 6.45) is 1.03. The van der Waals surface area contributed by atoms with E-state index in [-0.39, 0.29) is 21.2 Å². The monoisotopic (exact) mass is 387 g/mol. The minimum Gasteiger partial charge on any atom is -0.326 e. The number of pyridine rings is 1. The molecular weight excluding hydrogens is 382 g/mol. The van der Waals surface area contributed by atoms with Gasteiger partial charge in [-0.2, -0.15) is 5.26 Å². The average Bonchev–Trinajstić information content (AvgIpc) is 2.43. The Morgan fingerprint density at radius 2 is 2.05 bits per heavy atom. The zero-order valence-corrected chi connectivity index (χ0v) is 13.4. The van der Waals surface area contributed by atoms with Gasteiger partial charge in [0.1, 0.15) is 16.0 Å². The van der Waals surface area contributed by atoms with Crippen molar-refractivity contribution in [2.45, 2.75) is 4.90 Å². The molecule has 0 saturated heterocycles. The summed E-state index contributed by atoms with van der Waals surface area (Å²) in [4.78, 5) is 13.2. The third-order valence-electron chi connectivity index (χ3n) is 2.49. The lowest BCUT2D eigenvalue weighted by Gasteiger charge is -2.09. The molecule has 6 nitrogen and oxygen atoms in total. The van der Waals surface area contributed by atoms with Crippen molar-refractivity contribution in [1.29, 1.82) is 5.26 Å². The second kappa shape index (κ2) is 5.89. The molecule has 0 unspecified atom stereocenters. The van der Waals surface area contributed by atoms with Crippen LogP contribution in [-0.4, -0.2) is 13.4 Å². The fraction of sp³-hybridized carbons (Fsp3) is 0. The number of nitrogens with one attached hydrogen (secondary N) is 2. The van der Waals surface area contributed by atoms with Crippen molar-refractivity contribution in [2.24, 2.45) is 0 Å². The molecule has 0 bridgehead atoms. The molecule has 0 aliphatic carbocycles. The van der Waals surface area contributed by atoms with Crippen molar-refractivity contribution in [2.75, 3.05) is 4.72 Å². The highest BCUT2D eigenvalue weighted by atomic mass is 79.9. The van der Waals surface area contributed by atoms with E-state index in [1.165, 1.54) is 12.1 Å². The smallest absolute Gasteiger partial charge is 0.266 e. The summed E-state index contributed by atoms with van der Waals surface area (Å²) in [6.45, 7) is 0. The number of hydrogen-bond donors (Lipinski definition) is 2. The number of rotatable bonds is 3. The number of sulfonamides is 1. The highest BCUT2D eigenvalue weighted by Gasteiger charge is 2.17. The van der Waals surface area contributed by atoms with Crippen LogP contribution >= 0.6 is 27.5 Å². The Hall–Kier alpha value is -1.82. The van der Waals surface area contributed by atoms with Gasteiger partial charge in [-0.1, -0.05) is 27.5 Å². The van der Waals surface area contributed by atoms with E-state index in [1.54, 1.807) is 6.07 Å². The molecular formula is C12H7BrClN3O3S. The largest absolute Gasteiger partial charge is 0.326 e. The highest BCUT2D eigenvalue weighted by Crippen LogP contribution is 2.23. The van der Waals surface area contributed by atoms with Crippen molar-refractivity contribution in [3.8, 4) is 6.07 Å². The molecule has 21 heavy (non-hydrogen) atoms. The lowest BCUT2D eigenvalue weighted by atomic mass is 10.2. The van der Waals surface area contributed by atoms with Gasteiger partial charge in [-0.3, -0.25) is 9.52 Å². The molecule has 9 heteroatoms. The first kappa shape index (κ1) is 15.6. The van der Waals surface area contributed by atoms with Crippen LogP contribution in [0.4, 0.5) is 5.69 Å². The molecule has 2 aromatic rings. The van der Waals surface area contributed by atoms with Crippen LogP contribution in [0.1, 0.15) is 5.56 Å². The molecule has 0 aliphatic rings. The minimum atomic E-state index is -3.97. The maximum absolute atomic E-state index is 12.2. The molecule has 2 rings (SSSR count). The van der Waals surface area contributed by atoms with Gasteiger partial charge < -0.3 is 4.98 Å². The predicted octanol–water partition coefficient (Wildman–Crippen LogP) is 2.46. The van der Waals surface area contributed by atoms with Gasteiger partial charge in [-0.15, -0.1) is 0 Å². The number of aromatic nitrogens is 1. The van der Waals surface area contributed by atoms with E-state index >= 15 is 0 Å². The predicted molar refractivity (Wildman–Crippen MR) is 81.7 cm³/mol. The fourth-order valence-electron chi connectivity index (χ4n) is 1.49. The van der Waals surface area contributed by atoms with E-state index < -0.39 is 15.6 Å². The summed E-state index contributed by atoms with van der Waals surface area (Å²) in [5, 5.41) is 8.78. The third kappa shape index (κ3) is 3.44. The van der Waals surface area contributed by atoms with Crippen molar-refractivity contribution >= 4 is 43.2 Å². The number of anilines is 1. The van der Waals surface area contributed by atoms with Crippen LogP contribution in [0.15, 0.2) is 44.6 Å². The molecule has 0 radical (unpaired) electrons. The maximum Gasteiger partial charge on any atom is 0.266 e. The van der Waals surface area contributed by atoms with Crippen LogP contribution in [0.5, 0.6) is 0 Å². The SMILES string of the molecule is N#Cc1cc(Br)ccc1NS(=O)(=O)c1c[nH]c(=O)c(Cl)c1. The Morgan fingerprint density at radius 3 is 2.67 bits per heavy atom. The fourth-order valence-corrected chi connectivity index (χ4v) is 3.16. The number of benzene rings is 1.